The molecule has 0 spiro atoms. The number of hydrogen-bond acceptors (Lipinski definition) is 5. The fraction of sp³-hybridized carbons (Fsp3) is 0.632. The molecular formula is C19H28N6O2. The van der Waals surface area contributed by atoms with Crippen molar-refractivity contribution in [2.45, 2.75) is 44.9 Å². The second-order valence-corrected chi connectivity index (χ2v) is 7.57. The largest absolute Gasteiger partial charge is 0.380 e. The third-order valence-corrected chi connectivity index (χ3v) is 5.65. The van der Waals surface area contributed by atoms with E-state index in [1.54, 1.807) is 24.0 Å². The molecule has 1 fully saturated rings. The van der Waals surface area contributed by atoms with Gasteiger partial charge in [0.05, 0.1) is 36.7 Å². The maximum atomic E-state index is 12.8. The molecule has 4 rings (SSSR count). The van der Waals surface area contributed by atoms with Crippen LogP contribution in [-0.2, 0) is 24.9 Å². The van der Waals surface area contributed by atoms with Gasteiger partial charge in [-0.25, -0.2) is 0 Å². The summed E-state index contributed by atoms with van der Waals surface area (Å²) in [6.07, 6.45) is 5.78. The van der Waals surface area contributed by atoms with Gasteiger partial charge in [-0.05, 0) is 38.1 Å². The van der Waals surface area contributed by atoms with Crippen LogP contribution in [0.5, 0.6) is 0 Å². The average molecular weight is 372 g/mol. The van der Waals surface area contributed by atoms with Crippen molar-refractivity contribution in [2.24, 2.45) is 7.05 Å². The van der Waals surface area contributed by atoms with Gasteiger partial charge in [0.15, 0.2) is 0 Å². The number of aryl methyl sites for hydroxylation is 1. The topological polar surface area (TPSA) is 79.4 Å². The van der Waals surface area contributed by atoms with Crippen LogP contribution in [0.25, 0.3) is 0 Å². The summed E-state index contributed by atoms with van der Waals surface area (Å²) in [4.78, 5) is 17.0. The van der Waals surface area contributed by atoms with Gasteiger partial charge in [0, 0.05) is 19.8 Å². The molecule has 1 atom stereocenters. The molecule has 2 aromatic heterocycles. The van der Waals surface area contributed by atoms with Gasteiger partial charge in [0.2, 0.25) is 5.91 Å². The Morgan fingerprint density at radius 2 is 1.96 bits per heavy atom. The lowest BCUT2D eigenvalue weighted by Gasteiger charge is -2.30. The lowest BCUT2D eigenvalue weighted by molar-refractivity contribution is -0.133. The quantitative estimate of drug-likeness (QED) is 0.863. The molecule has 27 heavy (non-hydrogen) atoms. The predicted octanol–water partition coefficient (Wildman–Crippen LogP) is 0.916. The molecule has 8 nitrogen and oxygen atoms in total. The van der Waals surface area contributed by atoms with Gasteiger partial charge in [-0.3, -0.25) is 19.1 Å². The minimum Gasteiger partial charge on any atom is -0.380 e. The van der Waals surface area contributed by atoms with E-state index in [0.717, 1.165) is 18.8 Å². The molecule has 0 bridgehead atoms. The molecule has 1 amide bonds. The van der Waals surface area contributed by atoms with Crippen molar-refractivity contribution in [2.75, 3.05) is 26.2 Å². The highest BCUT2D eigenvalue weighted by molar-refractivity contribution is 5.78. The normalized spacial score (nSPS) is 19.6. The van der Waals surface area contributed by atoms with Gasteiger partial charge in [-0.1, -0.05) is 12.8 Å². The number of amides is 1. The number of aliphatic hydroxyl groups excluding tert-OH is 1. The number of carbonyl (C=O) groups is 1. The predicted molar refractivity (Wildman–Crippen MR) is 99.8 cm³/mol. The number of likely N-dealkylation sites (tertiary alicyclic amines) is 1. The number of hydrogen-bond donors (Lipinski definition) is 1. The number of fused-ring (bicyclic) bond motifs is 1. The minimum absolute atomic E-state index is 0.193. The lowest BCUT2D eigenvalue weighted by atomic mass is 10.1. The third kappa shape index (κ3) is 3.91. The van der Waals surface area contributed by atoms with E-state index in [-0.39, 0.29) is 5.91 Å². The van der Waals surface area contributed by atoms with Gasteiger partial charge in [-0.2, -0.15) is 10.2 Å². The van der Waals surface area contributed by atoms with Crippen molar-refractivity contribution in [1.82, 2.24) is 29.4 Å². The Labute approximate surface area is 159 Å². The molecule has 1 saturated heterocycles. The molecule has 146 valence electrons. The van der Waals surface area contributed by atoms with E-state index in [4.69, 9.17) is 0 Å². The van der Waals surface area contributed by atoms with E-state index in [0.29, 0.717) is 37.6 Å². The van der Waals surface area contributed by atoms with Gasteiger partial charge >= 0.3 is 0 Å². The summed E-state index contributed by atoms with van der Waals surface area (Å²) in [7, 11) is 1.80. The van der Waals surface area contributed by atoms with Gasteiger partial charge in [0.25, 0.3) is 0 Å². The highest BCUT2D eigenvalue weighted by atomic mass is 16.3. The zero-order valence-electron chi connectivity index (χ0n) is 15.9. The van der Waals surface area contributed by atoms with Crippen LogP contribution in [0.1, 0.15) is 48.9 Å². The maximum Gasteiger partial charge on any atom is 0.237 e. The molecule has 0 radical (unpaired) electrons. The Morgan fingerprint density at radius 1 is 1.19 bits per heavy atom. The Hall–Kier alpha value is -2.19. The van der Waals surface area contributed by atoms with E-state index in [1.165, 1.54) is 25.7 Å². The van der Waals surface area contributed by atoms with Crippen LogP contribution in [-0.4, -0.2) is 66.6 Å². The van der Waals surface area contributed by atoms with Crippen molar-refractivity contribution in [1.29, 1.82) is 0 Å². The Morgan fingerprint density at radius 3 is 2.67 bits per heavy atom. The Kier molecular flexibility index (Phi) is 5.27. The van der Waals surface area contributed by atoms with Crippen LogP contribution in [0.2, 0.25) is 0 Å². The van der Waals surface area contributed by atoms with Crippen LogP contribution in [0.4, 0.5) is 0 Å². The number of rotatable bonds is 4. The average Bonchev–Trinajstić information content (AvgIpc) is 3.20. The molecule has 8 heteroatoms. The summed E-state index contributed by atoms with van der Waals surface area (Å²) in [6.45, 7) is 4.45. The molecule has 4 heterocycles. The van der Waals surface area contributed by atoms with E-state index < -0.39 is 6.10 Å². The number of aliphatic hydroxyl groups is 1. The van der Waals surface area contributed by atoms with Crippen LogP contribution in [0.15, 0.2) is 18.3 Å². The monoisotopic (exact) mass is 372 g/mol. The maximum absolute atomic E-state index is 12.8. The van der Waals surface area contributed by atoms with Gasteiger partial charge < -0.3 is 10.0 Å². The smallest absolute Gasteiger partial charge is 0.237 e. The SMILES string of the molecule is Cn1nccc1[C@H](O)c1cc2n(n1)CCN(C(=O)CN1CCCCCC1)C2. The van der Waals surface area contributed by atoms with Gasteiger partial charge in [-0.15, -0.1) is 0 Å². The first-order valence-corrected chi connectivity index (χ1v) is 9.84. The zero-order chi connectivity index (χ0) is 18.8. The first-order chi connectivity index (χ1) is 13.1. The number of carbonyl (C=O) groups excluding carboxylic acids is 1. The van der Waals surface area contributed by atoms with Crippen molar-refractivity contribution >= 4 is 5.91 Å². The van der Waals surface area contributed by atoms with Crippen LogP contribution in [0.3, 0.4) is 0 Å². The van der Waals surface area contributed by atoms with Crippen molar-refractivity contribution in [3.05, 3.63) is 35.4 Å². The van der Waals surface area contributed by atoms with Crippen LogP contribution >= 0.6 is 0 Å². The van der Waals surface area contributed by atoms with Crippen molar-refractivity contribution in [3.8, 4) is 0 Å². The van der Waals surface area contributed by atoms with E-state index in [1.807, 2.05) is 15.6 Å². The molecule has 2 aliphatic heterocycles. The molecule has 1 N–H and O–H groups in total. The zero-order valence-corrected chi connectivity index (χ0v) is 15.9. The van der Waals surface area contributed by atoms with E-state index >= 15 is 0 Å². The van der Waals surface area contributed by atoms with E-state index in [9.17, 15) is 9.90 Å². The molecular weight excluding hydrogens is 344 g/mol. The lowest BCUT2D eigenvalue weighted by Crippen LogP contribution is -2.44. The summed E-state index contributed by atoms with van der Waals surface area (Å²) in [6, 6.07) is 3.70. The molecule has 0 unspecified atom stereocenters. The van der Waals surface area contributed by atoms with E-state index in [2.05, 4.69) is 15.1 Å². The highest BCUT2D eigenvalue weighted by Gasteiger charge is 2.26. The second kappa shape index (κ2) is 7.82. The minimum atomic E-state index is -0.808. The summed E-state index contributed by atoms with van der Waals surface area (Å²) in [5.41, 5.74) is 2.29. The fourth-order valence-electron chi connectivity index (χ4n) is 4.02. The third-order valence-electron chi connectivity index (χ3n) is 5.65. The molecule has 0 aromatic carbocycles. The molecule has 2 aromatic rings. The summed E-state index contributed by atoms with van der Waals surface area (Å²) in [5.74, 6) is 0.193. The molecule has 0 aliphatic carbocycles. The Balaban J connectivity index is 1.41. The first-order valence-electron chi connectivity index (χ1n) is 9.84. The van der Waals surface area contributed by atoms with Crippen LogP contribution < -0.4 is 0 Å². The molecule has 2 aliphatic rings. The summed E-state index contributed by atoms with van der Waals surface area (Å²) < 4.78 is 3.56. The van der Waals surface area contributed by atoms with Crippen LogP contribution in [0, 0.1) is 0 Å². The number of nitrogens with zero attached hydrogens (tertiary/aromatic N) is 6. The fourth-order valence-corrected chi connectivity index (χ4v) is 4.02. The first kappa shape index (κ1) is 18.2. The summed E-state index contributed by atoms with van der Waals surface area (Å²) >= 11 is 0. The standard InChI is InChI=1S/C19H28N6O2/c1-22-17(6-7-20-22)19(27)16-12-15-13-24(10-11-25(15)21-16)18(26)14-23-8-4-2-3-5-9-23/h6-7,12,19,27H,2-5,8-11,13-14H2,1H3/t19-/m1/s1. The second-order valence-electron chi connectivity index (χ2n) is 7.57. The highest BCUT2D eigenvalue weighted by Crippen LogP contribution is 2.23. The van der Waals surface area contributed by atoms with Gasteiger partial charge in [0.1, 0.15) is 6.10 Å². The van der Waals surface area contributed by atoms with Crippen molar-refractivity contribution < 1.29 is 9.90 Å². The Bertz CT molecular complexity index is 790. The van der Waals surface area contributed by atoms with Crippen molar-refractivity contribution in [3.63, 3.8) is 0 Å². The molecule has 0 saturated carbocycles. The summed E-state index contributed by atoms with van der Waals surface area (Å²) in [5, 5.41) is 19.3. The number of aromatic nitrogens is 4.